The number of nitrogens with zero attached hydrogens (tertiary/aromatic N) is 1. The van der Waals surface area contributed by atoms with Gasteiger partial charge in [-0.15, -0.1) is 0 Å². The quantitative estimate of drug-likeness (QED) is 0.456. The molecule has 0 saturated heterocycles. The first-order valence-electron chi connectivity index (χ1n) is 12.6. The van der Waals surface area contributed by atoms with Crippen LogP contribution in [0.4, 0.5) is 5.69 Å². The average molecular weight is 485 g/mol. The lowest BCUT2D eigenvalue weighted by Crippen LogP contribution is -3.12. The summed E-state index contributed by atoms with van der Waals surface area (Å²) in [4.78, 5) is 29.1. The number of nitrogens with one attached hydrogen (secondary N) is 2. The Morgan fingerprint density at radius 2 is 1.67 bits per heavy atom. The summed E-state index contributed by atoms with van der Waals surface area (Å²) < 4.78 is 6.00. The van der Waals surface area contributed by atoms with Gasteiger partial charge in [0, 0.05) is 5.56 Å². The van der Waals surface area contributed by atoms with Crippen LogP contribution < -0.4 is 19.9 Å². The van der Waals surface area contributed by atoms with Crippen LogP contribution in [0.3, 0.4) is 0 Å². The lowest BCUT2D eigenvalue weighted by Gasteiger charge is -2.30. The van der Waals surface area contributed by atoms with Crippen molar-refractivity contribution < 1.29 is 19.2 Å². The summed E-state index contributed by atoms with van der Waals surface area (Å²) >= 11 is 0. The number of carbonyl (C=O) groups is 2. The number of hydrogen-bond acceptors (Lipinski definition) is 3. The maximum atomic E-state index is 13.4. The zero-order valence-corrected chi connectivity index (χ0v) is 21.2. The molecule has 0 aromatic heterocycles. The minimum absolute atomic E-state index is 0.0936. The number of carbonyl (C=O) groups excluding carboxylic acids is 2. The maximum absolute atomic E-state index is 13.4. The van der Waals surface area contributed by atoms with Crippen LogP contribution in [-0.4, -0.2) is 38.0 Å². The molecule has 6 nitrogen and oxygen atoms in total. The second kappa shape index (κ2) is 11.7. The van der Waals surface area contributed by atoms with Gasteiger partial charge in [0.15, 0.2) is 11.5 Å². The van der Waals surface area contributed by atoms with Crippen LogP contribution in [0, 0.1) is 6.92 Å². The van der Waals surface area contributed by atoms with Gasteiger partial charge >= 0.3 is 0 Å². The van der Waals surface area contributed by atoms with E-state index in [1.54, 1.807) is 23.1 Å². The fourth-order valence-corrected chi connectivity index (χ4v) is 4.24. The number of benzene rings is 3. The van der Waals surface area contributed by atoms with Gasteiger partial charge in [-0.25, -0.2) is 0 Å². The number of amides is 2. The van der Waals surface area contributed by atoms with E-state index in [2.05, 4.69) is 19.2 Å². The molecule has 0 spiro atoms. The molecule has 0 atom stereocenters. The van der Waals surface area contributed by atoms with Crippen molar-refractivity contribution in [2.45, 2.75) is 27.3 Å². The molecule has 2 N–H and O–H groups in total. The smallest absolute Gasteiger partial charge is 0.294 e. The molecular weight excluding hydrogens is 450 g/mol. The van der Waals surface area contributed by atoms with Crippen molar-refractivity contribution in [3.05, 3.63) is 101 Å². The van der Waals surface area contributed by atoms with Gasteiger partial charge < -0.3 is 15.0 Å². The van der Waals surface area contributed by atoms with Crippen LogP contribution in [0.15, 0.2) is 78.6 Å². The van der Waals surface area contributed by atoms with Crippen molar-refractivity contribution in [1.82, 2.24) is 5.32 Å². The highest BCUT2D eigenvalue weighted by Gasteiger charge is 2.30. The molecule has 0 aliphatic carbocycles. The Kier molecular flexibility index (Phi) is 8.18. The molecule has 0 radical (unpaired) electrons. The van der Waals surface area contributed by atoms with E-state index in [0.717, 1.165) is 36.4 Å². The first-order valence-corrected chi connectivity index (χ1v) is 12.6. The van der Waals surface area contributed by atoms with E-state index >= 15 is 0 Å². The van der Waals surface area contributed by atoms with Crippen LogP contribution in [0.1, 0.15) is 40.9 Å². The lowest BCUT2D eigenvalue weighted by atomic mass is 10.1. The zero-order chi connectivity index (χ0) is 25.5. The third-order valence-electron chi connectivity index (χ3n) is 6.53. The van der Waals surface area contributed by atoms with E-state index < -0.39 is 0 Å². The average Bonchev–Trinajstić information content (AvgIpc) is 2.90. The monoisotopic (exact) mass is 484 g/mol. The molecule has 2 amide bonds. The number of likely N-dealkylation sites (N-methyl/N-ethyl adjacent to an activating group) is 1. The SMILES string of the molecule is CC[NH+](CC)CCNC(=O)c1ccc(C=C2Oc3ccccc3N(Cc3ccc(C)cc3)C2=O)cc1. The van der Waals surface area contributed by atoms with E-state index in [0.29, 0.717) is 24.4 Å². The topological polar surface area (TPSA) is 63.1 Å². The fraction of sp³-hybridized carbons (Fsp3) is 0.267. The van der Waals surface area contributed by atoms with Crippen molar-refractivity contribution >= 4 is 23.6 Å². The fourth-order valence-electron chi connectivity index (χ4n) is 4.24. The number of fused-ring (bicyclic) bond motifs is 1. The van der Waals surface area contributed by atoms with E-state index in [9.17, 15) is 9.59 Å². The van der Waals surface area contributed by atoms with Gasteiger partial charge in [-0.05, 0) is 62.2 Å². The molecule has 4 rings (SSSR count). The van der Waals surface area contributed by atoms with Crippen LogP contribution in [0.5, 0.6) is 5.75 Å². The van der Waals surface area contributed by atoms with Gasteiger partial charge in [-0.2, -0.15) is 0 Å². The number of para-hydroxylation sites is 2. The Balaban J connectivity index is 1.49. The van der Waals surface area contributed by atoms with Crippen LogP contribution in [0.25, 0.3) is 6.08 Å². The molecule has 1 heterocycles. The second-order valence-electron chi connectivity index (χ2n) is 9.04. The molecule has 0 bridgehead atoms. The normalized spacial score (nSPS) is 14.1. The Morgan fingerprint density at radius 1 is 0.972 bits per heavy atom. The van der Waals surface area contributed by atoms with Crippen molar-refractivity contribution in [3.63, 3.8) is 0 Å². The molecule has 186 valence electrons. The van der Waals surface area contributed by atoms with Crippen molar-refractivity contribution in [2.75, 3.05) is 31.1 Å². The number of hydrogen-bond donors (Lipinski definition) is 2. The summed E-state index contributed by atoms with van der Waals surface area (Å²) in [6.07, 6.45) is 1.73. The van der Waals surface area contributed by atoms with Gasteiger partial charge in [-0.3, -0.25) is 14.5 Å². The Bertz CT molecular complexity index is 1230. The molecule has 0 fully saturated rings. The molecule has 0 saturated carbocycles. The molecule has 3 aromatic carbocycles. The molecule has 1 aliphatic heterocycles. The number of ether oxygens (including phenoxy) is 1. The minimum Gasteiger partial charge on any atom is -0.449 e. The van der Waals surface area contributed by atoms with Crippen LogP contribution in [-0.2, 0) is 11.3 Å². The summed E-state index contributed by atoms with van der Waals surface area (Å²) in [5, 5.41) is 2.99. The van der Waals surface area contributed by atoms with Crippen molar-refractivity contribution in [1.29, 1.82) is 0 Å². The highest BCUT2D eigenvalue weighted by atomic mass is 16.5. The first kappa shape index (κ1) is 25.2. The van der Waals surface area contributed by atoms with E-state index in [-0.39, 0.29) is 17.6 Å². The number of quaternary nitrogens is 1. The van der Waals surface area contributed by atoms with Crippen molar-refractivity contribution in [2.24, 2.45) is 0 Å². The van der Waals surface area contributed by atoms with Gasteiger partial charge in [0.2, 0.25) is 0 Å². The molecule has 1 aliphatic rings. The van der Waals surface area contributed by atoms with E-state index in [1.807, 2.05) is 67.6 Å². The number of rotatable bonds is 9. The van der Waals surface area contributed by atoms with Gasteiger partial charge in [0.05, 0.1) is 38.4 Å². The molecular formula is C30H34N3O3+. The lowest BCUT2D eigenvalue weighted by molar-refractivity contribution is -0.895. The van der Waals surface area contributed by atoms with Crippen LogP contribution in [0.2, 0.25) is 0 Å². The van der Waals surface area contributed by atoms with Gasteiger partial charge in [0.1, 0.15) is 0 Å². The molecule has 6 heteroatoms. The predicted octanol–water partition coefficient (Wildman–Crippen LogP) is 3.62. The zero-order valence-electron chi connectivity index (χ0n) is 21.2. The third-order valence-corrected chi connectivity index (χ3v) is 6.53. The third kappa shape index (κ3) is 6.01. The summed E-state index contributed by atoms with van der Waals surface area (Å²) in [6, 6.07) is 22.9. The Hall–Kier alpha value is -3.90. The summed E-state index contributed by atoms with van der Waals surface area (Å²) in [7, 11) is 0. The number of anilines is 1. The summed E-state index contributed by atoms with van der Waals surface area (Å²) in [6.45, 7) is 10.4. The Labute approximate surface area is 213 Å². The first-order chi connectivity index (χ1) is 17.5. The van der Waals surface area contributed by atoms with Crippen LogP contribution >= 0.6 is 0 Å². The largest absolute Gasteiger partial charge is 0.449 e. The van der Waals surface area contributed by atoms with E-state index in [1.165, 1.54) is 10.5 Å². The Morgan fingerprint density at radius 3 is 2.36 bits per heavy atom. The molecule has 3 aromatic rings. The number of aryl methyl sites for hydroxylation is 1. The standard InChI is InChI=1S/C30H33N3O3/c1-4-32(5-2)19-18-31-29(34)25-16-14-23(15-17-25)20-28-30(35)33(21-24-12-10-22(3)11-13-24)26-8-6-7-9-27(26)36-28/h6-17,20H,4-5,18-19,21H2,1-3H3,(H,31,34)/p+1. The van der Waals surface area contributed by atoms with E-state index in [4.69, 9.17) is 4.74 Å². The highest BCUT2D eigenvalue weighted by molar-refractivity contribution is 6.09. The van der Waals surface area contributed by atoms with Crippen molar-refractivity contribution in [3.8, 4) is 5.75 Å². The predicted molar refractivity (Wildman–Crippen MR) is 143 cm³/mol. The van der Waals surface area contributed by atoms with Gasteiger partial charge in [0.25, 0.3) is 11.8 Å². The second-order valence-corrected chi connectivity index (χ2v) is 9.04. The minimum atomic E-state index is -0.199. The summed E-state index contributed by atoms with van der Waals surface area (Å²) in [5.41, 5.74) is 4.35. The summed E-state index contributed by atoms with van der Waals surface area (Å²) in [5.74, 6) is 0.598. The highest BCUT2D eigenvalue weighted by Crippen LogP contribution is 2.36. The molecule has 0 unspecified atom stereocenters. The van der Waals surface area contributed by atoms with Gasteiger partial charge in [-0.1, -0.05) is 54.1 Å². The maximum Gasteiger partial charge on any atom is 0.294 e. The molecule has 36 heavy (non-hydrogen) atoms.